The summed E-state index contributed by atoms with van der Waals surface area (Å²) in [6.45, 7) is 1.72. The summed E-state index contributed by atoms with van der Waals surface area (Å²) in [5.41, 5.74) is 6.22. The van der Waals surface area contributed by atoms with Gasteiger partial charge in [0.25, 0.3) is 0 Å². The largest absolute Gasteiger partial charge is 0.381 e. The lowest BCUT2D eigenvalue weighted by Crippen LogP contribution is -2.36. The van der Waals surface area contributed by atoms with Crippen molar-refractivity contribution in [3.05, 3.63) is 29.3 Å². The van der Waals surface area contributed by atoms with Crippen LogP contribution in [-0.2, 0) is 4.74 Å². The van der Waals surface area contributed by atoms with Gasteiger partial charge in [0.15, 0.2) is 0 Å². The average Bonchev–Trinajstić information content (AvgIpc) is 2.37. The van der Waals surface area contributed by atoms with E-state index in [-0.39, 0.29) is 6.04 Å². The lowest BCUT2D eigenvalue weighted by Gasteiger charge is -2.27. The molecule has 0 spiro atoms. The molecule has 0 aliphatic carbocycles. The lowest BCUT2D eigenvalue weighted by molar-refractivity contribution is 0.0607. The van der Waals surface area contributed by atoms with Crippen LogP contribution in [0.15, 0.2) is 29.2 Å². The van der Waals surface area contributed by atoms with Gasteiger partial charge in [-0.3, -0.25) is 0 Å². The minimum absolute atomic E-state index is 0.253. The van der Waals surface area contributed by atoms with Crippen molar-refractivity contribution < 1.29 is 4.74 Å². The van der Waals surface area contributed by atoms with Crippen LogP contribution in [-0.4, -0.2) is 25.0 Å². The van der Waals surface area contributed by atoms with Gasteiger partial charge in [0, 0.05) is 34.9 Å². The highest BCUT2D eigenvalue weighted by molar-refractivity contribution is 7.99. The second-order valence-corrected chi connectivity index (χ2v) is 5.91. The third-order valence-corrected chi connectivity index (χ3v) is 4.48. The van der Waals surface area contributed by atoms with E-state index in [1.807, 2.05) is 18.2 Å². The third-order valence-electron chi connectivity index (χ3n) is 3.11. The molecular weight excluding hydrogens is 254 g/mol. The Kier molecular flexibility index (Phi) is 5.16. The van der Waals surface area contributed by atoms with Crippen molar-refractivity contribution >= 4 is 23.4 Å². The first kappa shape index (κ1) is 13.2. The average molecular weight is 272 g/mol. The summed E-state index contributed by atoms with van der Waals surface area (Å²) < 4.78 is 5.35. The molecule has 94 valence electrons. The number of halogens is 1. The van der Waals surface area contributed by atoms with Gasteiger partial charge in [-0.05, 0) is 37.0 Å². The highest BCUT2D eigenvalue weighted by atomic mass is 35.5. The molecule has 0 amide bonds. The number of nitrogens with two attached hydrogens (primary N) is 1. The first-order chi connectivity index (χ1) is 8.25. The van der Waals surface area contributed by atoms with Crippen molar-refractivity contribution in [3.8, 4) is 0 Å². The van der Waals surface area contributed by atoms with Crippen molar-refractivity contribution in [1.29, 1.82) is 0 Å². The van der Waals surface area contributed by atoms with Crippen LogP contribution in [0.2, 0.25) is 5.02 Å². The second-order valence-electron chi connectivity index (χ2n) is 4.38. The maximum Gasteiger partial charge on any atom is 0.0469 e. The van der Waals surface area contributed by atoms with Gasteiger partial charge in [0.2, 0.25) is 0 Å². The van der Waals surface area contributed by atoms with Gasteiger partial charge in [0.05, 0.1) is 0 Å². The Bertz CT molecular complexity index is 355. The molecule has 2 rings (SSSR count). The molecule has 0 radical (unpaired) electrons. The quantitative estimate of drug-likeness (QED) is 0.855. The molecule has 1 aromatic carbocycles. The molecule has 2 nitrogen and oxygen atoms in total. The number of benzene rings is 1. The summed E-state index contributed by atoms with van der Waals surface area (Å²) in [5, 5.41) is 0.787. The second kappa shape index (κ2) is 6.64. The third kappa shape index (κ3) is 4.18. The van der Waals surface area contributed by atoms with E-state index >= 15 is 0 Å². The fourth-order valence-electron chi connectivity index (χ4n) is 2.03. The monoisotopic (exact) mass is 271 g/mol. The van der Waals surface area contributed by atoms with Crippen LogP contribution in [0.25, 0.3) is 0 Å². The minimum atomic E-state index is 0.253. The Morgan fingerprint density at radius 2 is 2.18 bits per heavy atom. The van der Waals surface area contributed by atoms with Gasteiger partial charge in [-0.1, -0.05) is 17.7 Å². The molecule has 4 heteroatoms. The van der Waals surface area contributed by atoms with Gasteiger partial charge < -0.3 is 10.5 Å². The van der Waals surface area contributed by atoms with Crippen molar-refractivity contribution in [1.82, 2.24) is 0 Å². The van der Waals surface area contributed by atoms with Gasteiger partial charge >= 0.3 is 0 Å². The first-order valence-electron chi connectivity index (χ1n) is 5.97. The molecule has 1 aromatic rings. The summed E-state index contributed by atoms with van der Waals surface area (Å²) in [6, 6.07) is 8.19. The number of rotatable bonds is 4. The van der Waals surface area contributed by atoms with E-state index in [2.05, 4.69) is 6.07 Å². The zero-order valence-corrected chi connectivity index (χ0v) is 11.3. The highest BCUT2D eigenvalue weighted by Crippen LogP contribution is 2.25. The first-order valence-corrected chi connectivity index (χ1v) is 7.34. The summed E-state index contributed by atoms with van der Waals surface area (Å²) >= 11 is 7.73. The van der Waals surface area contributed by atoms with E-state index in [0.717, 1.165) is 36.8 Å². The molecule has 2 N–H and O–H groups in total. The van der Waals surface area contributed by atoms with E-state index in [1.165, 1.54) is 4.90 Å². The number of ether oxygens (including phenoxy) is 1. The maximum absolute atomic E-state index is 6.22. The van der Waals surface area contributed by atoms with Crippen LogP contribution < -0.4 is 5.73 Å². The van der Waals surface area contributed by atoms with Crippen molar-refractivity contribution in [2.75, 3.05) is 19.0 Å². The van der Waals surface area contributed by atoms with Crippen molar-refractivity contribution in [2.24, 2.45) is 11.7 Å². The Morgan fingerprint density at radius 1 is 1.41 bits per heavy atom. The van der Waals surface area contributed by atoms with E-state index in [4.69, 9.17) is 22.1 Å². The molecule has 17 heavy (non-hydrogen) atoms. The summed E-state index contributed by atoms with van der Waals surface area (Å²) in [5.74, 6) is 1.56. The van der Waals surface area contributed by atoms with E-state index in [0.29, 0.717) is 5.92 Å². The van der Waals surface area contributed by atoms with Crippen LogP contribution >= 0.6 is 23.4 Å². The smallest absolute Gasteiger partial charge is 0.0469 e. The Morgan fingerprint density at radius 3 is 2.88 bits per heavy atom. The fourth-order valence-corrected chi connectivity index (χ4v) is 3.33. The van der Waals surface area contributed by atoms with Gasteiger partial charge in [-0.25, -0.2) is 0 Å². The molecule has 0 aromatic heterocycles. The Hall–Kier alpha value is -0.220. The minimum Gasteiger partial charge on any atom is -0.381 e. The van der Waals surface area contributed by atoms with Crippen LogP contribution in [0, 0.1) is 5.92 Å². The van der Waals surface area contributed by atoms with Crippen molar-refractivity contribution in [3.63, 3.8) is 0 Å². The number of hydrogen-bond acceptors (Lipinski definition) is 3. The molecule has 0 saturated carbocycles. The predicted octanol–water partition coefficient (Wildman–Crippen LogP) is 3.19. The SMILES string of the molecule is NC(CSc1cccc(Cl)c1)C1CCOCC1. The summed E-state index contributed by atoms with van der Waals surface area (Å²) in [7, 11) is 0. The summed E-state index contributed by atoms with van der Waals surface area (Å²) in [4.78, 5) is 1.19. The predicted molar refractivity (Wildman–Crippen MR) is 73.7 cm³/mol. The zero-order valence-electron chi connectivity index (χ0n) is 9.77. The molecule has 1 fully saturated rings. The van der Waals surface area contributed by atoms with E-state index in [1.54, 1.807) is 11.8 Å². The van der Waals surface area contributed by atoms with Gasteiger partial charge in [-0.15, -0.1) is 11.8 Å². The molecule has 1 aliphatic rings. The normalized spacial score (nSPS) is 19.2. The fraction of sp³-hybridized carbons (Fsp3) is 0.538. The molecule has 1 atom stereocenters. The topological polar surface area (TPSA) is 35.2 Å². The molecular formula is C13H18ClNOS. The molecule has 1 heterocycles. The Balaban J connectivity index is 1.80. The highest BCUT2D eigenvalue weighted by Gasteiger charge is 2.20. The maximum atomic E-state index is 6.22. The number of thioether (sulfide) groups is 1. The van der Waals surface area contributed by atoms with Crippen molar-refractivity contribution in [2.45, 2.75) is 23.8 Å². The molecule has 0 bridgehead atoms. The van der Waals surface area contributed by atoms with Crippen LogP contribution in [0.5, 0.6) is 0 Å². The van der Waals surface area contributed by atoms with Crippen LogP contribution in [0.4, 0.5) is 0 Å². The van der Waals surface area contributed by atoms with Gasteiger partial charge in [0.1, 0.15) is 0 Å². The van der Waals surface area contributed by atoms with E-state index < -0.39 is 0 Å². The molecule has 1 aliphatic heterocycles. The molecule has 1 unspecified atom stereocenters. The zero-order chi connectivity index (χ0) is 12.1. The lowest BCUT2D eigenvalue weighted by atomic mass is 9.94. The van der Waals surface area contributed by atoms with E-state index in [9.17, 15) is 0 Å². The number of hydrogen-bond donors (Lipinski definition) is 1. The standard InChI is InChI=1S/C13H18ClNOS/c14-11-2-1-3-12(8-11)17-9-13(15)10-4-6-16-7-5-10/h1-3,8,10,13H,4-7,9,15H2. The van der Waals surface area contributed by atoms with Crippen LogP contribution in [0.3, 0.4) is 0 Å². The van der Waals surface area contributed by atoms with Crippen LogP contribution in [0.1, 0.15) is 12.8 Å². The Labute approximate surface area is 112 Å². The van der Waals surface area contributed by atoms with Gasteiger partial charge in [-0.2, -0.15) is 0 Å². The molecule has 1 saturated heterocycles. The summed E-state index contributed by atoms with van der Waals surface area (Å²) in [6.07, 6.45) is 2.19.